The third-order valence-corrected chi connectivity index (χ3v) is 5.40. The Morgan fingerprint density at radius 2 is 1.89 bits per heavy atom. The molecule has 144 valence electrons. The number of hydrogen-bond acceptors (Lipinski definition) is 7. The van der Waals surface area contributed by atoms with Crippen LogP contribution in [0, 0.1) is 0 Å². The summed E-state index contributed by atoms with van der Waals surface area (Å²) in [5.74, 6) is 0.585. The fraction of sp³-hybridized carbons (Fsp3) is 0.118. The second-order valence-corrected chi connectivity index (χ2v) is 7.63. The van der Waals surface area contributed by atoms with Gasteiger partial charge in [-0.25, -0.2) is 17.9 Å². The van der Waals surface area contributed by atoms with E-state index in [0.29, 0.717) is 29.3 Å². The van der Waals surface area contributed by atoms with E-state index in [1.807, 2.05) is 29.1 Å². The molecule has 28 heavy (non-hydrogen) atoms. The Labute approximate surface area is 159 Å². The van der Waals surface area contributed by atoms with Crippen LogP contribution in [0.5, 0.6) is 0 Å². The fourth-order valence-corrected chi connectivity index (χ4v) is 3.66. The Morgan fingerprint density at radius 1 is 1.07 bits per heavy atom. The van der Waals surface area contributed by atoms with Crippen molar-refractivity contribution < 1.29 is 12.8 Å². The summed E-state index contributed by atoms with van der Waals surface area (Å²) < 4.78 is 33.9. The van der Waals surface area contributed by atoms with Crippen molar-refractivity contribution in [1.82, 2.24) is 24.5 Å². The second-order valence-electron chi connectivity index (χ2n) is 5.86. The summed E-state index contributed by atoms with van der Waals surface area (Å²) in [4.78, 5) is 13.6. The van der Waals surface area contributed by atoms with Gasteiger partial charge in [0.05, 0.1) is 10.4 Å². The van der Waals surface area contributed by atoms with Gasteiger partial charge < -0.3 is 14.3 Å². The van der Waals surface area contributed by atoms with Crippen molar-refractivity contribution in [1.29, 1.82) is 0 Å². The van der Waals surface area contributed by atoms with Gasteiger partial charge in [-0.2, -0.15) is 0 Å². The molecule has 0 saturated carbocycles. The number of hydrogen-bond donors (Lipinski definition) is 3. The molecule has 0 unspecified atom stereocenters. The summed E-state index contributed by atoms with van der Waals surface area (Å²) in [7, 11) is -3.73. The third-order valence-electron chi connectivity index (χ3n) is 3.94. The quantitative estimate of drug-likeness (QED) is 0.395. The number of benzene rings is 1. The van der Waals surface area contributed by atoms with Gasteiger partial charge in [-0.1, -0.05) is 0 Å². The molecule has 4 rings (SSSR count). The van der Waals surface area contributed by atoms with Crippen LogP contribution in [0.2, 0.25) is 0 Å². The topological polar surface area (TPSA) is 135 Å². The number of nitrogens with zero attached hydrogens (tertiary/aromatic N) is 3. The van der Waals surface area contributed by atoms with E-state index in [1.54, 1.807) is 12.1 Å². The molecule has 0 spiro atoms. The van der Waals surface area contributed by atoms with Crippen LogP contribution in [0.4, 0.5) is 5.82 Å². The standard InChI is InChI=1S/C17H16N6O4S/c24-17-20-13-11-12(3-4-14(13)27-17)28(25,26)19-8-7-18-15-5-6-16(22-21-15)23-9-1-2-10-23/h1-6,9-11,19H,7-8H2,(H,18,21)(H,20,24). The molecule has 0 aliphatic heterocycles. The van der Waals surface area contributed by atoms with Crippen molar-refractivity contribution >= 4 is 26.9 Å². The molecule has 1 aromatic carbocycles. The summed E-state index contributed by atoms with van der Waals surface area (Å²) in [5.41, 5.74) is 0.622. The number of fused-ring (bicyclic) bond motifs is 1. The van der Waals surface area contributed by atoms with E-state index >= 15 is 0 Å². The van der Waals surface area contributed by atoms with Gasteiger partial charge in [-0.05, 0) is 42.5 Å². The van der Waals surface area contributed by atoms with Crippen LogP contribution in [0.1, 0.15) is 0 Å². The number of oxazole rings is 1. The van der Waals surface area contributed by atoms with Crippen molar-refractivity contribution in [3.63, 3.8) is 0 Å². The number of sulfonamides is 1. The predicted octanol–water partition coefficient (Wildman–Crippen LogP) is 1.09. The summed E-state index contributed by atoms with van der Waals surface area (Å²) in [6.07, 6.45) is 3.73. The van der Waals surface area contributed by atoms with Gasteiger partial charge >= 0.3 is 5.76 Å². The van der Waals surface area contributed by atoms with Crippen LogP contribution < -0.4 is 15.8 Å². The lowest BCUT2D eigenvalue weighted by Gasteiger charge is -2.08. The van der Waals surface area contributed by atoms with Crippen molar-refractivity contribution in [3.05, 3.63) is 65.4 Å². The number of anilines is 1. The average molecular weight is 400 g/mol. The van der Waals surface area contributed by atoms with Crippen LogP contribution in [0.15, 0.2) is 69.0 Å². The summed E-state index contributed by atoms with van der Waals surface area (Å²) in [6, 6.07) is 11.5. The predicted molar refractivity (Wildman–Crippen MR) is 102 cm³/mol. The zero-order chi connectivity index (χ0) is 19.6. The Morgan fingerprint density at radius 3 is 2.64 bits per heavy atom. The highest BCUT2D eigenvalue weighted by Crippen LogP contribution is 2.16. The first-order valence-corrected chi connectivity index (χ1v) is 9.83. The van der Waals surface area contributed by atoms with Gasteiger partial charge in [0.15, 0.2) is 11.4 Å². The molecule has 0 aliphatic rings. The van der Waals surface area contributed by atoms with E-state index < -0.39 is 15.8 Å². The lowest BCUT2D eigenvalue weighted by molar-refractivity contribution is 0.555. The summed E-state index contributed by atoms with van der Waals surface area (Å²) in [5, 5.41) is 11.2. The van der Waals surface area contributed by atoms with Gasteiger partial charge in [0.25, 0.3) is 0 Å². The highest BCUT2D eigenvalue weighted by atomic mass is 32.2. The highest BCUT2D eigenvalue weighted by molar-refractivity contribution is 7.89. The smallest absolute Gasteiger partial charge is 0.408 e. The van der Waals surface area contributed by atoms with Gasteiger partial charge in [0, 0.05) is 25.5 Å². The zero-order valence-electron chi connectivity index (χ0n) is 14.5. The van der Waals surface area contributed by atoms with Crippen molar-refractivity contribution in [2.75, 3.05) is 18.4 Å². The molecule has 0 amide bonds. The molecule has 3 heterocycles. The largest absolute Gasteiger partial charge is 0.417 e. The zero-order valence-corrected chi connectivity index (χ0v) is 15.3. The minimum atomic E-state index is -3.73. The monoisotopic (exact) mass is 400 g/mol. The van der Waals surface area contributed by atoms with E-state index in [1.165, 1.54) is 18.2 Å². The lowest BCUT2D eigenvalue weighted by atomic mass is 10.3. The Bertz CT molecular complexity index is 1240. The molecule has 0 atom stereocenters. The molecule has 10 nitrogen and oxygen atoms in total. The normalized spacial score (nSPS) is 11.7. The molecule has 3 N–H and O–H groups in total. The van der Waals surface area contributed by atoms with Crippen molar-refractivity contribution in [3.8, 4) is 5.82 Å². The van der Waals surface area contributed by atoms with E-state index in [9.17, 15) is 13.2 Å². The molecule has 11 heteroatoms. The lowest BCUT2D eigenvalue weighted by Crippen LogP contribution is -2.29. The maximum Gasteiger partial charge on any atom is 0.417 e. The fourth-order valence-electron chi connectivity index (χ4n) is 2.60. The highest BCUT2D eigenvalue weighted by Gasteiger charge is 2.15. The van der Waals surface area contributed by atoms with Crippen LogP contribution in [0.25, 0.3) is 16.9 Å². The SMILES string of the molecule is O=c1[nH]c2cc(S(=O)(=O)NCCNc3ccc(-n4cccc4)nn3)ccc2o1. The molecular weight excluding hydrogens is 384 g/mol. The first-order chi connectivity index (χ1) is 13.5. The molecule has 0 saturated heterocycles. The van der Waals surface area contributed by atoms with Gasteiger partial charge in [-0.15, -0.1) is 10.2 Å². The van der Waals surface area contributed by atoms with Gasteiger partial charge in [0.1, 0.15) is 5.82 Å². The molecular formula is C17H16N6O4S. The molecule has 0 fully saturated rings. The van der Waals surface area contributed by atoms with Crippen molar-refractivity contribution in [2.24, 2.45) is 0 Å². The average Bonchev–Trinajstić information content (AvgIpc) is 3.34. The summed E-state index contributed by atoms with van der Waals surface area (Å²) in [6.45, 7) is 0.463. The van der Waals surface area contributed by atoms with Crippen LogP contribution >= 0.6 is 0 Å². The minimum Gasteiger partial charge on any atom is -0.408 e. The first kappa shape index (κ1) is 17.9. The molecule has 4 aromatic rings. The van der Waals surface area contributed by atoms with Crippen molar-refractivity contribution in [2.45, 2.75) is 4.90 Å². The number of aromatic amines is 1. The number of rotatable bonds is 7. The molecule has 0 aliphatic carbocycles. The number of H-pyrrole nitrogens is 1. The van der Waals surface area contributed by atoms with E-state index in [4.69, 9.17) is 4.42 Å². The van der Waals surface area contributed by atoms with Crippen LogP contribution in [-0.2, 0) is 10.0 Å². The molecule has 0 bridgehead atoms. The van der Waals surface area contributed by atoms with Crippen LogP contribution in [0.3, 0.4) is 0 Å². The Balaban J connectivity index is 1.34. The number of nitrogens with one attached hydrogen (secondary N) is 3. The van der Waals surface area contributed by atoms with Gasteiger partial charge in [0.2, 0.25) is 10.0 Å². The van der Waals surface area contributed by atoms with Crippen LogP contribution in [-0.4, -0.2) is 41.3 Å². The van der Waals surface area contributed by atoms with E-state index in [-0.39, 0.29) is 11.4 Å². The molecule has 0 radical (unpaired) electrons. The maximum absolute atomic E-state index is 12.4. The Hall–Kier alpha value is -3.44. The number of aromatic nitrogens is 4. The van der Waals surface area contributed by atoms with E-state index in [2.05, 4.69) is 25.2 Å². The molecule has 3 aromatic heterocycles. The van der Waals surface area contributed by atoms with Gasteiger partial charge in [-0.3, -0.25) is 4.98 Å². The summed E-state index contributed by atoms with van der Waals surface area (Å²) >= 11 is 0. The maximum atomic E-state index is 12.4. The minimum absolute atomic E-state index is 0.0351. The first-order valence-electron chi connectivity index (χ1n) is 8.35. The second kappa shape index (κ2) is 7.29. The Kier molecular flexibility index (Phi) is 4.67. The van der Waals surface area contributed by atoms with E-state index in [0.717, 1.165) is 0 Å². The third kappa shape index (κ3) is 3.80.